The van der Waals surface area contributed by atoms with Crippen LogP contribution in [-0.4, -0.2) is 34.8 Å². The summed E-state index contributed by atoms with van der Waals surface area (Å²) in [5.74, 6) is 2.06. The number of nitrogens with zero attached hydrogens (tertiary/aromatic N) is 1. The SMILES string of the molecule is CC(=O)c1ccc2[nH]cc3c2c1C[C@@H](N(CC1CC1)CC1CC1)C3. The lowest BCUT2D eigenvalue weighted by atomic mass is 9.84. The van der Waals surface area contributed by atoms with Gasteiger partial charge < -0.3 is 4.98 Å². The fourth-order valence-corrected chi connectivity index (χ4v) is 4.53. The quantitative estimate of drug-likeness (QED) is 0.817. The highest BCUT2D eigenvalue weighted by molar-refractivity contribution is 6.02. The Kier molecular flexibility index (Phi) is 3.34. The second-order valence-electron chi connectivity index (χ2n) is 8.29. The minimum atomic E-state index is 0.204. The van der Waals surface area contributed by atoms with Crippen LogP contribution in [0.4, 0.5) is 0 Å². The molecule has 2 aromatic rings. The van der Waals surface area contributed by atoms with E-state index >= 15 is 0 Å². The van der Waals surface area contributed by atoms with E-state index in [-0.39, 0.29) is 5.78 Å². The number of ketones is 1. The van der Waals surface area contributed by atoms with Gasteiger partial charge in [-0.2, -0.15) is 0 Å². The summed E-state index contributed by atoms with van der Waals surface area (Å²) in [5, 5.41) is 1.33. The Morgan fingerprint density at radius 3 is 2.46 bits per heavy atom. The summed E-state index contributed by atoms with van der Waals surface area (Å²) in [6.45, 7) is 4.25. The molecule has 0 radical (unpaired) electrons. The first-order chi connectivity index (χ1) is 11.7. The third-order valence-electron chi connectivity index (χ3n) is 6.21. The summed E-state index contributed by atoms with van der Waals surface area (Å²) in [7, 11) is 0. The molecule has 1 N–H and O–H groups in total. The van der Waals surface area contributed by atoms with E-state index < -0.39 is 0 Å². The summed E-state index contributed by atoms with van der Waals surface area (Å²) in [6.07, 6.45) is 10.0. The predicted molar refractivity (Wildman–Crippen MR) is 96.5 cm³/mol. The number of aromatic nitrogens is 1. The van der Waals surface area contributed by atoms with Crippen LogP contribution in [0, 0.1) is 11.8 Å². The van der Waals surface area contributed by atoms with Gasteiger partial charge in [-0.15, -0.1) is 0 Å². The molecule has 2 fully saturated rings. The van der Waals surface area contributed by atoms with E-state index in [9.17, 15) is 4.79 Å². The number of Topliss-reactive ketones (excluding diaryl/α,β-unsaturated/α-hetero) is 1. The fourth-order valence-electron chi connectivity index (χ4n) is 4.53. The van der Waals surface area contributed by atoms with Gasteiger partial charge in [-0.1, -0.05) is 0 Å². The van der Waals surface area contributed by atoms with Gasteiger partial charge in [-0.05, 0) is 80.5 Å². The van der Waals surface area contributed by atoms with Crippen LogP contribution in [0.25, 0.3) is 10.9 Å². The zero-order chi connectivity index (χ0) is 16.3. The number of aromatic amines is 1. The van der Waals surface area contributed by atoms with Gasteiger partial charge in [0, 0.05) is 41.8 Å². The topological polar surface area (TPSA) is 36.1 Å². The third kappa shape index (κ3) is 2.59. The lowest BCUT2D eigenvalue weighted by Gasteiger charge is -2.35. The Hall–Kier alpha value is -1.61. The first kappa shape index (κ1) is 14.7. The molecule has 126 valence electrons. The molecular formula is C21H26N2O. The Morgan fingerprint density at radius 1 is 1.12 bits per heavy atom. The van der Waals surface area contributed by atoms with E-state index in [2.05, 4.69) is 22.1 Å². The second kappa shape index (κ2) is 5.45. The van der Waals surface area contributed by atoms with Crippen LogP contribution in [0.3, 0.4) is 0 Å². The van der Waals surface area contributed by atoms with Crippen LogP contribution in [0.1, 0.15) is 54.1 Å². The van der Waals surface area contributed by atoms with Gasteiger partial charge in [0.25, 0.3) is 0 Å². The minimum Gasteiger partial charge on any atom is -0.361 e. The first-order valence-electron chi connectivity index (χ1n) is 9.56. The molecule has 3 aliphatic rings. The standard InChI is InChI=1S/C21H26N2O/c1-13(24)18-6-7-20-21-16(10-22-20)8-17(9-19(18)21)23(11-14-2-3-14)12-15-4-5-15/h6-7,10,14-15,17,22H,2-5,8-9,11-12H2,1H3/t17-/m0/s1. The fraction of sp³-hybridized carbons (Fsp3) is 0.571. The van der Waals surface area contributed by atoms with Gasteiger partial charge in [0.1, 0.15) is 0 Å². The first-order valence-corrected chi connectivity index (χ1v) is 9.56. The molecule has 0 bridgehead atoms. The maximum atomic E-state index is 12.2. The van der Waals surface area contributed by atoms with Crippen molar-refractivity contribution in [1.29, 1.82) is 0 Å². The Labute approximate surface area is 143 Å². The second-order valence-corrected chi connectivity index (χ2v) is 8.29. The highest BCUT2D eigenvalue weighted by Gasteiger charge is 2.35. The van der Waals surface area contributed by atoms with E-state index in [0.29, 0.717) is 6.04 Å². The smallest absolute Gasteiger partial charge is 0.160 e. The summed E-state index contributed by atoms with van der Waals surface area (Å²) in [6, 6.07) is 4.67. The van der Waals surface area contributed by atoms with E-state index in [0.717, 1.165) is 30.2 Å². The molecule has 1 aromatic heterocycles. The number of hydrogen-bond acceptors (Lipinski definition) is 2. The molecule has 0 unspecified atom stereocenters. The van der Waals surface area contributed by atoms with Crippen LogP contribution >= 0.6 is 0 Å². The lowest BCUT2D eigenvalue weighted by molar-refractivity contribution is 0.101. The van der Waals surface area contributed by atoms with Crippen molar-refractivity contribution in [3.63, 3.8) is 0 Å². The maximum Gasteiger partial charge on any atom is 0.160 e. The number of benzene rings is 1. The van der Waals surface area contributed by atoms with Crippen LogP contribution < -0.4 is 0 Å². The molecule has 0 aliphatic heterocycles. The molecule has 5 rings (SSSR count). The Morgan fingerprint density at radius 2 is 1.83 bits per heavy atom. The molecule has 3 aliphatic carbocycles. The lowest BCUT2D eigenvalue weighted by Crippen LogP contribution is -2.42. The van der Waals surface area contributed by atoms with Crippen molar-refractivity contribution in [2.24, 2.45) is 11.8 Å². The van der Waals surface area contributed by atoms with Crippen LogP contribution in [-0.2, 0) is 12.8 Å². The van der Waals surface area contributed by atoms with Crippen molar-refractivity contribution >= 4 is 16.7 Å². The normalized spacial score (nSPS) is 23.2. The van der Waals surface area contributed by atoms with Crippen LogP contribution in [0.5, 0.6) is 0 Å². The summed E-state index contributed by atoms with van der Waals surface area (Å²) >= 11 is 0. The molecule has 1 aromatic carbocycles. The monoisotopic (exact) mass is 322 g/mol. The molecule has 3 heteroatoms. The third-order valence-corrected chi connectivity index (χ3v) is 6.21. The molecule has 1 heterocycles. The van der Waals surface area contributed by atoms with Gasteiger partial charge in [-0.25, -0.2) is 0 Å². The van der Waals surface area contributed by atoms with Crippen molar-refractivity contribution < 1.29 is 4.79 Å². The van der Waals surface area contributed by atoms with Crippen LogP contribution in [0.15, 0.2) is 18.3 Å². The zero-order valence-electron chi connectivity index (χ0n) is 14.5. The summed E-state index contributed by atoms with van der Waals surface area (Å²) < 4.78 is 0. The average molecular weight is 322 g/mol. The highest BCUT2D eigenvalue weighted by atomic mass is 16.1. The molecule has 1 atom stereocenters. The molecule has 0 spiro atoms. The van der Waals surface area contributed by atoms with Crippen molar-refractivity contribution in [1.82, 2.24) is 9.88 Å². The van der Waals surface area contributed by atoms with E-state index in [1.54, 1.807) is 6.92 Å². The largest absolute Gasteiger partial charge is 0.361 e. The number of nitrogens with one attached hydrogen (secondary N) is 1. The molecule has 3 nitrogen and oxygen atoms in total. The molecular weight excluding hydrogens is 296 g/mol. The molecule has 2 saturated carbocycles. The number of H-pyrrole nitrogens is 1. The summed E-state index contributed by atoms with van der Waals surface area (Å²) in [4.78, 5) is 18.3. The predicted octanol–water partition coefficient (Wildman–Crippen LogP) is 3.96. The van der Waals surface area contributed by atoms with Crippen LogP contribution in [0.2, 0.25) is 0 Å². The number of carbonyl (C=O) groups excluding carboxylic acids is 1. The van der Waals surface area contributed by atoms with Gasteiger partial charge in [0.15, 0.2) is 5.78 Å². The van der Waals surface area contributed by atoms with Gasteiger partial charge in [0.2, 0.25) is 0 Å². The highest BCUT2D eigenvalue weighted by Crippen LogP contribution is 2.38. The van der Waals surface area contributed by atoms with Crippen molar-refractivity contribution in [3.05, 3.63) is 35.0 Å². The maximum absolute atomic E-state index is 12.2. The van der Waals surface area contributed by atoms with E-state index in [1.165, 1.54) is 60.8 Å². The number of hydrogen-bond donors (Lipinski definition) is 1. The Balaban J connectivity index is 1.50. The van der Waals surface area contributed by atoms with Gasteiger partial charge in [-0.3, -0.25) is 9.69 Å². The molecule has 0 saturated heterocycles. The average Bonchev–Trinajstić information content (AvgIpc) is 3.49. The van der Waals surface area contributed by atoms with Crippen molar-refractivity contribution in [2.45, 2.75) is 51.5 Å². The van der Waals surface area contributed by atoms with Crippen molar-refractivity contribution in [2.75, 3.05) is 13.1 Å². The number of carbonyl (C=O) groups is 1. The zero-order valence-corrected chi connectivity index (χ0v) is 14.5. The Bertz CT molecular complexity index is 784. The van der Waals surface area contributed by atoms with Gasteiger partial charge in [0.05, 0.1) is 0 Å². The van der Waals surface area contributed by atoms with Crippen molar-refractivity contribution in [3.8, 4) is 0 Å². The summed E-state index contributed by atoms with van der Waals surface area (Å²) in [5.41, 5.74) is 4.84. The number of rotatable bonds is 6. The molecule has 24 heavy (non-hydrogen) atoms. The van der Waals surface area contributed by atoms with E-state index in [4.69, 9.17) is 0 Å². The minimum absolute atomic E-state index is 0.204. The van der Waals surface area contributed by atoms with Gasteiger partial charge >= 0.3 is 0 Å². The molecule has 0 amide bonds. The van der Waals surface area contributed by atoms with E-state index in [1.807, 2.05) is 6.07 Å².